The Bertz CT molecular complexity index is 229. The van der Waals surface area contributed by atoms with Gasteiger partial charge in [0.05, 0.1) is 0 Å². The van der Waals surface area contributed by atoms with E-state index in [2.05, 4.69) is 31.0 Å². The fourth-order valence-electron chi connectivity index (χ4n) is 3.67. The minimum absolute atomic E-state index is 0.890. The summed E-state index contributed by atoms with van der Waals surface area (Å²) in [5.41, 5.74) is 0. The molecular formula is C15H30N2. The Labute approximate surface area is 107 Å². The molecule has 1 aliphatic carbocycles. The zero-order chi connectivity index (χ0) is 12.3. The van der Waals surface area contributed by atoms with Gasteiger partial charge >= 0.3 is 0 Å². The molecule has 2 heteroatoms. The van der Waals surface area contributed by atoms with Gasteiger partial charge in [0.15, 0.2) is 0 Å². The first-order valence-corrected chi connectivity index (χ1v) is 7.67. The van der Waals surface area contributed by atoms with E-state index in [0.29, 0.717) is 0 Å². The predicted molar refractivity (Wildman–Crippen MR) is 74.2 cm³/mol. The maximum atomic E-state index is 3.58. The van der Waals surface area contributed by atoms with Crippen molar-refractivity contribution in [1.82, 2.24) is 10.2 Å². The second-order valence-electron chi connectivity index (χ2n) is 6.33. The van der Waals surface area contributed by atoms with Crippen molar-refractivity contribution in [3.63, 3.8) is 0 Å². The van der Waals surface area contributed by atoms with Gasteiger partial charge in [-0.15, -0.1) is 0 Å². The van der Waals surface area contributed by atoms with Crippen LogP contribution in [0.3, 0.4) is 0 Å². The summed E-state index contributed by atoms with van der Waals surface area (Å²) in [5, 5.41) is 3.58. The van der Waals surface area contributed by atoms with Gasteiger partial charge in [-0.25, -0.2) is 0 Å². The van der Waals surface area contributed by atoms with E-state index in [1.165, 1.54) is 51.9 Å². The van der Waals surface area contributed by atoms with Crippen LogP contribution >= 0.6 is 0 Å². The van der Waals surface area contributed by atoms with Crippen molar-refractivity contribution in [2.45, 2.75) is 52.5 Å². The molecule has 0 radical (unpaired) electrons. The second-order valence-corrected chi connectivity index (χ2v) is 6.33. The van der Waals surface area contributed by atoms with Crippen LogP contribution in [0.15, 0.2) is 0 Å². The minimum Gasteiger partial charge on any atom is -0.316 e. The fraction of sp³-hybridized carbons (Fsp3) is 1.00. The highest BCUT2D eigenvalue weighted by Crippen LogP contribution is 2.36. The highest BCUT2D eigenvalue weighted by Gasteiger charge is 2.36. The lowest BCUT2D eigenvalue weighted by atomic mass is 9.97. The summed E-state index contributed by atoms with van der Waals surface area (Å²) in [5.74, 6) is 2.76. The summed E-state index contributed by atoms with van der Waals surface area (Å²) in [6.07, 6.45) is 5.56. The lowest BCUT2D eigenvalue weighted by Gasteiger charge is -2.28. The molecule has 0 aromatic heterocycles. The Morgan fingerprint density at radius 3 is 2.65 bits per heavy atom. The standard InChI is InChI=1S/C15H30N2/c1-4-8-16-10-14-7-9-17(11-14)15-6-5-12(2)13(15)3/h12-16H,4-11H2,1-3H3. The maximum absolute atomic E-state index is 3.58. The van der Waals surface area contributed by atoms with Crippen LogP contribution in [0.5, 0.6) is 0 Å². The molecule has 100 valence electrons. The summed E-state index contributed by atoms with van der Waals surface area (Å²) in [6.45, 7) is 12.3. The Kier molecular flexibility index (Phi) is 4.87. The number of likely N-dealkylation sites (tertiary alicyclic amines) is 1. The quantitative estimate of drug-likeness (QED) is 0.741. The van der Waals surface area contributed by atoms with Crippen LogP contribution in [0, 0.1) is 17.8 Å². The fourth-order valence-corrected chi connectivity index (χ4v) is 3.67. The highest BCUT2D eigenvalue weighted by atomic mass is 15.2. The normalized spacial score (nSPS) is 39.0. The summed E-state index contributed by atoms with van der Waals surface area (Å²) >= 11 is 0. The summed E-state index contributed by atoms with van der Waals surface area (Å²) in [4.78, 5) is 2.78. The van der Waals surface area contributed by atoms with Gasteiger partial charge in [0.1, 0.15) is 0 Å². The van der Waals surface area contributed by atoms with Crippen LogP contribution in [0.2, 0.25) is 0 Å². The van der Waals surface area contributed by atoms with E-state index in [9.17, 15) is 0 Å². The largest absolute Gasteiger partial charge is 0.316 e. The van der Waals surface area contributed by atoms with Crippen molar-refractivity contribution in [3.8, 4) is 0 Å². The Morgan fingerprint density at radius 2 is 2.00 bits per heavy atom. The number of nitrogens with zero attached hydrogens (tertiary/aromatic N) is 1. The molecule has 0 aromatic rings. The number of rotatable bonds is 5. The molecule has 2 nitrogen and oxygen atoms in total. The van der Waals surface area contributed by atoms with Crippen LogP contribution in [0.4, 0.5) is 0 Å². The monoisotopic (exact) mass is 238 g/mol. The SMILES string of the molecule is CCCNCC1CCN(C2CCC(C)C2C)C1. The average molecular weight is 238 g/mol. The zero-order valence-electron chi connectivity index (χ0n) is 11.9. The van der Waals surface area contributed by atoms with Crippen molar-refractivity contribution in [2.75, 3.05) is 26.2 Å². The molecule has 4 unspecified atom stereocenters. The van der Waals surface area contributed by atoms with E-state index in [1.54, 1.807) is 0 Å². The lowest BCUT2D eigenvalue weighted by Crippen LogP contribution is -2.37. The summed E-state index contributed by atoms with van der Waals surface area (Å²) in [7, 11) is 0. The molecule has 1 saturated heterocycles. The molecule has 2 rings (SSSR count). The molecule has 2 fully saturated rings. The number of nitrogens with one attached hydrogen (secondary N) is 1. The van der Waals surface area contributed by atoms with Crippen molar-refractivity contribution in [2.24, 2.45) is 17.8 Å². The van der Waals surface area contributed by atoms with Gasteiger partial charge in [0.25, 0.3) is 0 Å². The predicted octanol–water partition coefficient (Wildman–Crippen LogP) is 2.74. The summed E-state index contributed by atoms with van der Waals surface area (Å²) in [6, 6.07) is 0.890. The van der Waals surface area contributed by atoms with E-state index in [-0.39, 0.29) is 0 Å². The van der Waals surface area contributed by atoms with E-state index < -0.39 is 0 Å². The third-order valence-electron chi connectivity index (χ3n) is 5.07. The van der Waals surface area contributed by atoms with Crippen LogP contribution in [-0.2, 0) is 0 Å². The molecule has 4 atom stereocenters. The molecule has 0 bridgehead atoms. The number of hydrogen-bond acceptors (Lipinski definition) is 2. The maximum Gasteiger partial charge on any atom is 0.0124 e. The van der Waals surface area contributed by atoms with Crippen LogP contribution < -0.4 is 5.32 Å². The van der Waals surface area contributed by atoms with Gasteiger partial charge in [-0.1, -0.05) is 20.8 Å². The van der Waals surface area contributed by atoms with Gasteiger partial charge in [-0.3, -0.25) is 4.90 Å². The summed E-state index contributed by atoms with van der Waals surface area (Å²) < 4.78 is 0. The third kappa shape index (κ3) is 3.23. The molecule has 17 heavy (non-hydrogen) atoms. The van der Waals surface area contributed by atoms with Crippen LogP contribution in [0.1, 0.15) is 46.5 Å². The van der Waals surface area contributed by atoms with E-state index in [0.717, 1.165) is 23.8 Å². The zero-order valence-corrected chi connectivity index (χ0v) is 11.9. The molecule has 0 spiro atoms. The first-order valence-electron chi connectivity index (χ1n) is 7.67. The molecular weight excluding hydrogens is 208 g/mol. The molecule has 1 N–H and O–H groups in total. The van der Waals surface area contributed by atoms with Crippen molar-refractivity contribution in [3.05, 3.63) is 0 Å². The average Bonchev–Trinajstić information content (AvgIpc) is 2.89. The van der Waals surface area contributed by atoms with Crippen LogP contribution in [-0.4, -0.2) is 37.1 Å². The Hall–Kier alpha value is -0.0800. The van der Waals surface area contributed by atoms with Crippen molar-refractivity contribution >= 4 is 0 Å². The molecule has 1 saturated carbocycles. The van der Waals surface area contributed by atoms with Gasteiger partial charge in [-0.05, 0) is 63.1 Å². The molecule has 1 aliphatic heterocycles. The van der Waals surface area contributed by atoms with Gasteiger partial charge in [-0.2, -0.15) is 0 Å². The van der Waals surface area contributed by atoms with Gasteiger partial charge in [0.2, 0.25) is 0 Å². The first kappa shape index (κ1) is 13.4. The molecule has 2 aliphatic rings. The molecule has 0 aromatic carbocycles. The first-order chi connectivity index (χ1) is 8.22. The van der Waals surface area contributed by atoms with Crippen molar-refractivity contribution in [1.29, 1.82) is 0 Å². The molecule has 1 heterocycles. The van der Waals surface area contributed by atoms with E-state index in [1.807, 2.05) is 0 Å². The topological polar surface area (TPSA) is 15.3 Å². The molecule has 0 amide bonds. The highest BCUT2D eigenvalue weighted by molar-refractivity contribution is 4.90. The van der Waals surface area contributed by atoms with E-state index in [4.69, 9.17) is 0 Å². The van der Waals surface area contributed by atoms with Crippen LogP contribution in [0.25, 0.3) is 0 Å². The minimum atomic E-state index is 0.890. The lowest BCUT2D eigenvalue weighted by molar-refractivity contribution is 0.186. The Morgan fingerprint density at radius 1 is 1.18 bits per heavy atom. The number of hydrogen-bond donors (Lipinski definition) is 1. The Balaban J connectivity index is 1.74. The smallest absolute Gasteiger partial charge is 0.0124 e. The third-order valence-corrected chi connectivity index (χ3v) is 5.07. The van der Waals surface area contributed by atoms with Gasteiger partial charge in [0, 0.05) is 12.6 Å². The van der Waals surface area contributed by atoms with Gasteiger partial charge < -0.3 is 5.32 Å². The van der Waals surface area contributed by atoms with E-state index >= 15 is 0 Å². The second kappa shape index (κ2) is 6.19. The van der Waals surface area contributed by atoms with Crippen molar-refractivity contribution < 1.29 is 0 Å².